The van der Waals surface area contributed by atoms with Gasteiger partial charge in [0.2, 0.25) is 5.91 Å². The van der Waals surface area contributed by atoms with E-state index in [0.717, 1.165) is 50.1 Å². The average molecular weight is 342 g/mol. The first-order chi connectivity index (χ1) is 12.1. The van der Waals surface area contributed by atoms with Gasteiger partial charge in [0.25, 0.3) is 0 Å². The number of nitrogens with zero attached hydrogens (tertiary/aromatic N) is 3. The van der Waals surface area contributed by atoms with Crippen LogP contribution in [0.1, 0.15) is 51.9 Å². The number of imidazole rings is 1. The fourth-order valence-corrected chi connectivity index (χ4v) is 3.80. The zero-order valence-electron chi connectivity index (χ0n) is 15.6. The first kappa shape index (κ1) is 17.9. The summed E-state index contributed by atoms with van der Waals surface area (Å²) in [5, 5.41) is 0. The first-order valence-corrected chi connectivity index (χ1v) is 9.57. The topological polar surface area (TPSA) is 64.2 Å². The van der Waals surface area contributed by atoms with Gasteiger partial charge in [-0.3, -0.25) is 4.79 Å². The largest absolute Gasteiger partial charge is 0.341 e. The predicted molar refractivity (Wildman–Crippen MR) is 101 cm³/mol. The summed E-state index contributed by atoms with van der Waals surface area (Å²) in [7, 11) is 0. The summed E-state index contributed by atoms with van der Waals surface area (Å²) in [4.78, 5) is 19.4. The molecule has 0 radical (unpaired) electrons. The molecule has 1 aromatic carbocycles. The Morgan fingerprint density at radius 2 is 1.96 bits per heavy atom. The predicted octanol–water partition coefficient (Wildman–Crippen LogP) is 3.14. The van der Waals surface area contributed by atoms with Gasteiger partial charge < -0.3 is 15.2 Å². The number of carbonyl (C=O) groups is 1. The zero-order valence-corrected chi connectivity index (χ0v) is 15.6. The molecule has 1 aliphatic rings. The number of carbonyl (C=O) groups excluding carboxylic acids is 1. The van der Waals surface area contributed by atoms with Crippen molar-refractivity contribution in [2.75, 3.05) is 13.1 Å². The molecule has 25 heavy (non-hydrogen) atoms. The van der Waals surface area contributed by atoms with Crippen molar-refractivity contribution in [1.29, 1.82) is 0 Å². The van der Waals surface area contributed by atoms with E-state index < -0.39 is 0 Å². The van der Waals surface area contributed by atoms with E-state index in [9.17, 15) is 4.79 Å². The number of aryl methyl sites for hydroxylation is 1. The van der Waals surface area contributed by atoms with Crippen LogP contribution in [0.15, 0.2) is 24.3 Å². The molecule has 1 fully saturated rings. The molecule has 5 nitrogen and oxygen atoms in total. The number of aromatic nitrogens is 2. The standard InChI is InChI=1S/C20H30N4O/c1-4-14(3)19(21)20(25)23-12-10-15(11-13-23)24-17-9-7-6-8-16(17)22-18(24)5-2/h6-9,14-15,19H,4-5,10-13,21H2,1-3H3. The summed E-state index contributed by atoms with van der Waals surface area (Å²) in [6.07, 6.45) is 3.79. The molecule has 136 valence electrons. The third-order valence-corrected chi connectivity index (χ3v) is 5.67. The number of piperidine rings is 1. The molecule has 1 aliphatic heterocycles. The molecule has 1 aromatic heterocycles. The first-order valence-electron chi connectivity index (χ1n) is 9.57. The van der Waals surface area contributed by atoms with E-state index in [-0.39, 0.29) is 17.9 Å². The van der Waals surface area contributed by atoms with Crippen LogP contribution in [-0.4, -0.2) is 39.5 Å². The van der Waals surface area contributed by atoms with Crippen LogP contribution in [0.5, 0.6) is 0 Å². The Hall–Kier alpha value is -1.88. The molecule has 1 amide bonds. The number of likely N-dealkylation sites (tertiary alicyclic amines) is 1. The van der Waals surface area contributed by atoms with Crippen LogP contribution >= 0.6 is 0 Å². The van der Waals surface area contributed by atoms with Crippen molar-refractivity contribution in [1.82, 2.24) is 14.5 Å². The number of para-hydroxylation sites is 2. The molecule has 0 spiro atoms. The molecule has 2 unspecified atom stereocenters. The Balaban J connectivity index is 1.74. The van der Waals surface area contributed by atoms with Crippen LogP contribution < -0.4 is 5.73 Å². The van der Waals surface area contributed by atoms with E-state index in [1.165, 1.54) is 5.52 Å². The minimum atomic E-state index is -0.373. The highest BCUT2D eigenvalue weighted by molar-refractivity contribution is 5.82. The normalized spacial score (nSPS) is 18.5. The van der Waals surface area contributed by atoms with Gasteiger partial charge >= 0.3 is 0 Å². The molecular weight excluding hydrogens is 312 g/mol. The molecule has 3 rings (SSSR count). The molecule has 2 N–H and O–H groups in total. The lowest BCUT2D eigenvalue weighted by molar-refractivity contribution is -0.135. The lowest BCUT2D eigenvalue weighted by Gasteiger charge is -2.35. The highest BCUT2D eigenvalue weighted by Gasteiger charge is 2.30. The van der Waals surface area contributed by atoms with E-state index in [4.69, 9.17) is 10.7 Å². The molecule has 0 aliphatic carbocycles. The van der Waals surface area contributed by atoms with E-state index >= 15 is 0 Å². The van der Waals surface area contributed by atoms with Gasteiger partial charge in [-0.15, -0.1) is 0 Å². The SMILES string of the molecule is CCc1nc2ccccc2n1C1CCN(C(=O)C(N)C(C)CC)CC1. The van der Waals surface area contributed by atoms with Crippen LogP contribution in [0.2, 0.25) is 0 Å². The summed E-state index contributed by atoms with van der Waals surface area (Å²) in [6, 6.07) is 8.38. The Kier molecular flexibility index (Phi) is 5.42. The van der Waals surface area contributed by atoms with Gasteiger partial charge in [0.05, 0.1) is 17.1 Å². The zero-order chi connectivity index (χ0) is 18.0. The van der Waals surface area contributed by atoms with Crippen molar-refractivity contribution in [2.45, 2.75) is 58.5 Å². The summed E-state index contributed by atoms with van der Waals surface area (Å²) >= 11 is 0. The molecule has 1 saturated heterocycles. The maximum absolute atomic E-state index is 12.6. The number of fused-ring (bicyclic) bond motifs is 1. The highest BCUT2D eigenvalue weighted by atomic mass is 16.2. The second kappa shape index (κ2) is 7.56. The molecule has 5 heteroatoms. The number of amides is 1. The maximum atomic E-state index is 12.6. The third kappa shape index (κ3) is 3.43. The van der Waals surface area contributed by atoms with Crippen molar-refractivity contribution >= 4 is 16.9 Å². The molecule has 0 saturated carbocycles. The fraction of sp³-hybridized carbons (Fsp3) is 0.600. The van der Waals surface area contributed by atoms with Gasteiger partial charge in [-0.05, 0) is 30.9 Å². The van der Waals surface area contributed by atoms with Crippen molar-refractivity contribution in [3.63, 3.8) is 0 Å². The lowest BCUT2D eigenvalue weighted by atomic mass is 9.97. The van der Waals surface area contributed by atoms with Crippen LogP contribution in [0.3, 0.4) is 0 Å². The highest BCUT2D eigenvalue weighted by Crippen LogP contribution is 2.29. The Bertz CT molecular complexity index is 730. The number of hydrogen-bond acceptors (Lipinski definition) is 3. The van der Waals surface area contributed by atoms with Crippen LogP contribution in [0, 0.1) is 5.92 Å². The molecular formula is C20H30N4O. The smallest absolute Gasteiger partial charge is 0.239 e. The van der Waals surface area contributed by atoms with E-state index in [2.05, 4.69) is 43.5 Å². The number of benzene rings is 1. The van der Waals surface area contributed by atoms with Crippen LogP contribution in [0.4, 0.5) is 0 Å². The minimum absolute atomic E-state index is 0.110. The van der Waals surface area contributed by atoms with E-state index in [0.29, 0.717) is 6.04 Å². The number of hydrogen-bond donors (Lipinski definition) is 1. The summed E-state index contributed by atoms with van der Waals surface area (Å²) < 4.78 is 2.39. The van der Waals surface area contributed by atoms with Gasteiger partial charge in [-0.2, -0.15) is 0 Å². The second-order valence-corrected chi connectivity index (χ2v) is 7.21. The molecule has 2 aromatic rings. The van der Waals surface area contributed by atoms with Gasteiger partial charge in [-0.1, -0.05) is 39.3 Å². The Labute approximate surface area is 150 Å². The van der Waals surface area contributed by atoms with Gasteiger partial charge in [0, 0.05) is 25.6 Å². The average Bonchev–Trinajstić information content (AvgIpc) is 3.05. The monoisotopic (exact) mass is 342 g/mol. The second-order valence-electron chi connectivity index (χ2n) is 7.21. The molecule has 0 bridgehead atoms. The fourth-order valence-electron chi connectivity index (χ4n) is 3.80. The van der Waals surface area contributed by atoms with Crippen molar-refractivity contribution in [3.05, 3.63) is 30.1 Å². The van der Waals surface area contributed by atoms with Crippen molar-refractivity contribution < 1.29 is 4.79 Å². The van der Waals surface area contributed by atoms with Gasteiger partial charge in [0.1, 0.15) is 5.82 Å². The summed E-state index contributed by atoms with van der Waals surface area (Å²) in [6.45, 7) is 7.86. The van der Waals surface area contributed by atoms with Crippen molar-refractivity contribution in [3.8, 4) is 0 Å². The summed E-state index contributed by atoms with van der Waals surface area (Å²) in [5.41, 5.74) is 8.42. The van der Waals surface area contributed by atoms with E-state index in [1.807, 2.05) is 11.0 Å². The van der Waals surface area contributed by atoms with Crippen molar-refractivity contribution in [2.24, 2.45) is 11.7 Å². The molecule has 2 heterocycles. The summed E-state index contributed by atoms with van der Waals surface area (Å²) in [5.74, 6) is 1.48. The molecule has 2 atom stereocenters. The van der Waals surface area contributed by atoms with E-state index in [1.54, 1.807) is 0 Å². The van der Waals surface area contributed by atoms with Gasteiger partial charge in [0.15, 0.2) is 0 Å². The van der Waals surface area contributed by atoms with Crippen LogP contribution in [-0.2, 0) is 11.2 Å². The third-order valence-electron chi connectivity index (χ3n) is 5.67. The number of rotatable bonds is 5. The Morgan fingerprint density at radius 1 is 1.28 bits per heavy atom. The Morgan fingerprint density at radius 3 is 2.60 bits per heavy atom. The number of nitrogens with two attached hydrogens (primary N) is 1. The quantitative estimate of drug-likeness (QED) is 0.908. The lowest BCUT2D eigenvalue weighted by Crippen LogP contribution is -2.49. The van der Waals surface area contributed by atoms with Gasteiger partial charge in [-0.25, -0.2) is 4.98 Å². The van der Waals surface area contributed by atoms with Crippen LogP contribution in [0.25, 0.3) is 11.0 Å². The maximum Gasteiger partial charge on any atom is 0.239 e. The minimum Gasteiger partial charge on any atom is -0.341 e.